The monoisotopic (exact) mass is 235 g/mol. The highest BCUT2D eigenvalue weighted by Gasteiger charge is 2.28. The van der Waals surface area contributed by atoms with Crippen LogP contribution in [0.3, 0.4) is 0 Å². The van der Waals surface area contributed by atoms with Gasteiger partial charge < -0.3 is 10.1 Å². The molecule has 3 atom stereocenters. The highest BCUT2D eigenvalue weighted by molar-refractivity contribution is 5.85. The lowest BCUT2D eigenvalue weighted by atomic mass is 9.83. The number of nitrogens with one attached hydrogen (secondary N) is 1. The third-order valence-electron chi connectivity index (χ3n) is 3.03. The normalized spacial score (nSPS) is 27.7. The van der Waals surface area contributed by atoms with Crippen molar-refractivity contribution in [1.82, 2.24) is 5.32 Å². The Balaban J connectivity index is 0.00000196. The van der Waals surface area contributed by atoms with Crippen molar-refractivity contribution in [3.8, 4) is 0 Å². The summed E-state index contributed by atoms with van der Waals surface area (Å²) in [6.07, 6.45) is 2.17. The van der Waals surface area contributed by atoms with Gasteiger partial charge in [0.2, 0.25) is 0 Å². The van der Waals surface area contributed by atoms with Gasteiger partial charge >= 0.3 is 5.97 Å². The predicted octanol–water partition coefficient (Wildman–Crippen LogP) is 2.00. The fraction of sp³-hybridized carbons (Fsp3) is 0.909. The Hall–Kier alpha value is -0.280. The summed E-state index contributed by atoms with van der Waals surface area (Å²) >= 11 is 0. The molecule has 0 aromatic rings. The Kier molecular flexibility index (Phi) is 6.94. The number of piperidine rings is 1. The van der Waals surface area contributed by atoms with Crippen LogP contribution in [0.15, 0.2) is 0 Å². The molecule has 1 aliphatic rings. The maximum Gasteiger partial charge on any atom is 0.308 e. The van der Waals surface area contributed by atoms with Gasteiger partial charge in [-0.2, -0.15) is 0 Å². The Morgan fingerprint density at radius 3 is 2.80 bits per heavy atom. The quantitative estimate of drug-likeness (QED) is 0.761. The van der Waals surface area contributed by atoms with Gasteiger partial charge in [0.05, 0.1) is 12.5 Å². The van der Waals surface area contributed by atoms with Gasteiger partial charge in [-0.05, 0) is 39.2 Å². The summed E-state index contributed by atoms with van der Waals surface area (Å²) in [5, 5.41) is 3.39. The van der Waals surface area contributed by atoms with E-state index in [1.807, 2.05) is 13.8 Å². The lowest BCUT2D eigenvalue weighted by Crippen LogP contribution is -2.39. The lowest BCUT2D eigenvalue weighted by molar-refractivity contribution is -0.149. The topological polar surface area (TPSA) is 38.3 Å². The standard InChI is InChI=1S/C11H21NO2.ClH/c1-4-14-11(13)9(3)10-5-6-12-8(2)7-10;/h8-10,12H,4-7H2,1-3H3;1H. The van der Waals surface area contributed by atoms with Crippen LogP contribution in [-0.2, 0) is 9.53 Å². The van der Waals surface area contributed by atoms with Crippen LogP contribution in [0.25, 0.3) is 0 Å². The van der Waals surface area contributed by atoms with E-state index < -0.39 is 0 Å². The Morgan fingerprint density at radius 2 is 2.27 bits per heavy atom. The molecule has 0 aliphatic carbocycles. The van der Waals surface area contributed by atoms with Crippen molar-refractivity contribution < 1.29 is 9.53 Å². The minimum absolute atomic E-state index is 0. The van der Waals surface area contributed by atoms with Gasteiger partial charge in [0.25, 0.3) is 0 Å². The highest BCUT2D eigenvalue weighted by atomic mass is 35.5. The van der Waals surface area contributed by atoms with E-state index in [4.69, 9.17) is 4.74 Å². The van der Waals surface area contributed by atoms with E-state index in [0.717, 1.165) is 19.4 Å². The van der Waals surface area contributed by atoms with Crippen molar-refractivity contribution in [3.05, 3.63) is 0 Å². The van der Waals surface area contributed by atoms with Crippen molar-refractivity contribution >= 4 is 18.4 Å². The first-order chi connectivity index (χ1) is 6.65. The molecule has 0 saturated carbocycles. The number of carbonyl (C=O) groups is 1. The maximum atomic E-state index is 11.5. The molecule has 0 bridgehead atoms. The highest BCUT2D eigenvalue weighted by Crippen LogP contribution is 2.25. The van der Waals surface area contributed by atoms with Gasteiger partial charge in [-0.1, -0.05) is 6.92 Å². The van der Waals surface area contributed by atoms with E-state index in [1.165, 1.54) is 0 Å². The van der Waals surface area contributed by atoms with Crippen LogP contribution in [0, 0.1) is 11.8 Å². The second-order valence-electron chi connectivity index (χ2n) is 4.18. The average Bonchev–Trinajstić information content (AvgIpc) is 2.17. The molecule has 3 unspecified atom stereocenters. The van der Waals surface area contributed by atoms with Crippen LogP contribution in [0.5, 0.6) is 0 Å². The zero-order chi connectivity index (χ0) is 10.6. The molecule has 0 radical (unpaired) electrons. The summed E-state index contributed by atoms with van der Waals surface area (Å²) in [4.78, 5) is 11.5. The van der Waals surface area contributed by atoms with Crippen molar-refractivity contribution in [1.29, 1.82) is 0 Å². The maximum absolute atomic E-state index is 11.5. The van der Waals surface area contributed by atoms with Gasteiger partial charge in [-0.3, -0.25) is 4.79 Å². The van der Waals surface area contributed by atoms with Crippen molar-refractivity contribution in [2.24, 2.45) is 11.8 Å². The molecular formula is C11H22ClNO2. The number of esters is 1. The first-order valence-electron chi connectivity index (χ1n) is 5.55. The number of ether oxygens (including phenoxy) is 1. The summed E-state index contributed by atoms with van der Waals surface area (Å²) in [5.41, 5.74) is 0. The van der Waals surface area contributed by atoms with Gasteiger partial charge in [0.1, 0.15) is 0 Å². The van der Waals surface area contributed by atoms with Gasteiger partial charge in [0.15, 0.2) is 0 Å². The molecule has 1 aliphatic heterocycles. The molecule has 1 rings (SSSR count). The zero-order valence-electron chi connectivity index (χ0n) is 9.79. The number of carbonyl (C=O) groups excluding carboxylic acids is 1. The first-order valence-corrected chi connectivity index (χ1v) is 5.55. The molecule has 1 fully saturated rings. The Morgan fingerprint density at radius 1 is 1.60 bits per heavy atom. The van der Waals surface area contributed by atoms with Crippen LogP contribution in [0.2, 0.25) is 0 Å². The van der Waals surface area contributed by atoms with Crippen molar-refractivity contribution in [3.63, 3.8) is 0 Å². The molecule has 90 valence electrons. The van der Waals surface area contributed by atoms with E-state index in [1.54, 1.807) is 0 Å². The average molecular weight is 236 g/mol. The van der Waals surface area contributed by atoms with E-state index in [9.17, 15) is 4.79 Å². The molecule has 15 heavy (non-hydrogen) atoms. The molecule has 0 aromatic heterocycles. The Bertz CT molecular complexity index is 199. The summed E-state index contributed by atoms with van der Waals surface area (Å²) in [5.74, 6) is 0.511. The van der Waals surface area contributed by atoms with Crippen LogP contribution in [0.1, 0.15) is 33.6 Å². The van der Waals surface area contributed by atoms with Crippen LogP contribution >= 0.6 is 12.4 Å². The van der Waals surface area contributed by atoms with Crippen LogP contribution < -0.4 is 5.32 Å². The van der Waals surface area contributed by atoms with E-state index in [2.05, 4.69) is 12.2 Å². The number of halogens is 1. The SMILES string of the molecule is CCOC(=O)C(C)C1CCNC(C)C1.Cl. The Labute approximate surface area is 98.4 Å². The molecule has 0 aromatic carbocycles. The van der Waals surface area contributed by atoms with E-state index >= 15 is 0 Å². The zero-order valence-corrected chi connectivity index (χ0v) is 10.6. The molecule has 0 amide bonds. The summed E-state index contributed by atoms with van der Waals surface area (Å²) in [7, 11) is 0. The third-order valence-corrected chi connectivity index (χ3v) is 3.03. The van der Waals surface area contributed by atoms with E-state index in [-0.39, 0.29) is 24.3 Å². The molecule has 1 N–H and O–H groups in total. The molecule has 3 nitrogen and oxygen atoms in total. The van der Waals surface area contributed by atoms with Crippen molar-refractivity contribution in [2.45, 2.75) is 39.7 Å². The van der Waals surface area contributed by atoms with Crippen LogP contribution in [-0.4, -0.2) is 25.2 Å². The van der Waals surface area contributed by atoms with Crippen LogP contribution in [0.4, 0.5) is 0 Å². The minimum Gasteiger partial charge on any atom is -0.466 e. The smallest absolute Gasteiger partial charge is 0.308 e. The molecule has 1 heterocycles. The molecule has 4 heteroatoms. The van der Waals surface area contributed by atoms with Gasteiger partial charge in [0, 0.05) is 6.04 Å². The second kappa shape index (κ2) is 7.07. The molecular weight excluding hydrogens is 214 g/mol. The molecule has 1 saturated heterocycles. The largest absolute Gasteiger partial charge is 0.466 e. The summed E-state index contributed by atoms with van der Waals surface area (Å²) in [6, 6.07) is 0.533. The first kappa shape index (κ1) is 14.7. The van der Waals surface area contributed by atoms with Gasteiger partial charge in [-0.15, -0.1) is 12.4 Å². The third kappa shape index (κ3) is 4.39. The molecule has 0 spiro atoms. The lowest BCUT2D eigenvalue weighted by Gasteiger charge is -2.31. The van der Waals surface area contributed by atoms with Gasteiger partial charge in [-0.25, -0.2) is 0 Å². The minimum atomic E-state index is -0.0356. The summed E-state index contributed by atoms with van der Waals surface area (Å²) in [6.45, 7) is 7.53. The van der Waals surface area contributed by atoms with Crippen molar-refractivity contribution in [2.75, 3.05) is 13.2 Å². The van der Waals surface area contributed by atoms with E-state index in [0.29, 0.717) is 18.6 Å². The number of hydrogen-bond donors (Lipinski definition) is 1. The fourth-order valence-electron chi connectivity index (χ4n) is 2.09. The number of hydrogen-bond acceptors (Lipinski definition) is 3. The summed E-state index contributed by atoms with van der Waals surface area (Å²) < 4.78 is 5.03. The number of rotatable bonds is 3. The second-order valence-corrected chi connectivity index (χ2v) is 4.18. The predicted molar refractivity (Wildman–Crippen MR) is 63.2 cm³/mol. The fourth-order valence-corrected chi connectivity index (χ4v) is 2.09.